The minimum atomic E-state index is -0.539. The van der Waals surface area contributed by atoms with Crippen molar-refractivity contribution < 1.29 is 14.3 Å². The number of primary amides is 1. The lowest BCUT2D eigenvalue weighted by Crippen LogP contribution is -2.15. The van der Waals surface area contributed by atoms with Crippen LogP contribution in [0.4, 0.5) is 0 Å². The van der Waals surface area contributed by atoms with Crippen LogP contribution >= 0.6 is 0 Å². The highest BCUT2D eigenvalue weighted by Crippen LogP contribution is 2.32. The Morgan fingerprint density at radius 1 is 0.967 bits per heavy atom. The quantitative estimate of drug-likeness (QED) is 0.507. The second-order valence-electron chi connectivity index (χ2n) is 6.51. The van der Waals surface area contributed by atoms with Crippen LogP contribution in [0.15, 0.2) is 67.1 Å². The fraction of sp³-hybridized carbons (Fsp3) is 0.130. The topological polar surface area (TPSA) is 100 Å². The predicted molar refractivity (Wildman–Crippen MR) is 113 cm³/mol. The first-order chi connectivity index (χ1) is 14.7. The number of carbonyl (C=O) groups is 1. The highest BCUT2D eigenvalue weighted by Gasteiger charge is 2.12. The minimum Gasteiger partial charge on any atom is -0.487 e. The Morgan fingerprint density at radius 2 is 1.80 bits per heavy atom. The zero-order valence-corrected chi connectivity index (χ0v) is 16.4. The average Bonchev–Trinajstić information content (AvgIpc) is 2.78. The molecule has 0 saturated heterocycles. The Labute approximate surface area is 173 Å². The molecular weight excluding hydrogens is 380 g/mol. The number of amides is 1. The number of hydrogen-bond acceptors (Lipinski definition) is 6. The Morgan fingerprint density at radius 3 is 2.57 bits per heavy atom. The summed E-state index contributed by atoms with van der Waals surface area (Å²) in [6.45, 7) is 2.58. The molecule has 30 heavy (non-hydrogen) atoms. The van der Waals surface area contributed by atoms with Gasteiger partial charge in [-0.1, -0.05) is 0 Å². The Bertz CT molecular complexity index is 1190. The van der Waals surface area contributed by atoms with Gasteiger partial charge >= 0.3 is 0 Å². The van der Waals surface area contributed by atoms with Crippen molar-refractivity contribution in [2.75, 3.05) is 6.61 Å². The maximum Gasteiger partial charge on any atom is 0.250 e. The van der Waals surface area contributed by atoms with Crippen LogP contribution in [0, 0.1) is 0 Å². The van der Waals surface area contributed by atoms with E-state index in [0.717, 1.165) is 22.0 Å². The molecule has 4 rings (SSSR count). The number of rotatable bonds is 7. The summed E-state index contributed by atoms with van der Waals surface area (Å²) in [5.41, 5.74) is 8.87. The molecule has 0 aliphatic carbocycles. The lowest BCUT2D eigenvalue weighted by atomic mass is 10.0. The van der Waals surface area contributed by atoms with Gasteiger partial charge in [-0.3, -0.25) is 14.8 Å². The maximum atomic E-state index is 11.7. The molecule has 3 aromatic heterocycles. The number of nitrogens with two attached hydrogens (primary N) is 1. The van der Waals surface area contributed by atoms with Crippen molar-refractivity contribution in [1.29, 1.82) is 0 Å². The van der Waals surface area contributed by atoms with Crippen LogP contribution in [0.5, 0.6) is 11.6 Å². The number of fused-ring (bicyclic) bond motifs is 1. The van der Waals surface area contributed by atoms with Crippen molar-refractivity contribution in [3.8, 4) is 22.8 Å². The SMILES string of the molecule is CCOc1ccc(-c2cc(OCc3ncccc3C(N)=O)c3cccnc3c2)cn1. The molecule has 3 heterocycles. The molecule has 150 valence electrons. The molecule has 1 aromatic carbocycles. The molecule has 7 nitrogen and oxygen atoms in total. The molecule has 2 N–H and O–H groups in total. The first kappa shape index (κ1) is 19.3. The molecular formula is C23H20N4O3. The van der Waals surface area contributed by atoms with Crippen molar-refractivity contribution in [3.05, 3.63) is 78.4 Å². The van der Waals surface area contributed by atoms with Crippen molar-refractivity contribution in [3.63, 3.8) is 0 Å². The van der Waals surface area contributed by atoms with Gasteiger partial charge in [0.15, 0.2) is 0 Å². The maximum absolute atomic E-state index is 11.7. The third-order valence-corrected chi connectivity index (χ3v) is 4.56. The average molecular weight is 400 g/mol. The molecule has 0 atom stereocenters. The smallest absolute Gasteiger partial charge is 0.250 e. The van der Waals surface area contributed by atoms with Gasteiger partial charge < -0.3 is 15.2 Å². The van der Waals surface area contributed by atoms with Gasteiger partial charge in [0.25, 0.3) is 5.91 Å². The third kappa shape index (κ3) is 4.05. The number of ether oxygens (including phenoxy) is 2. The third-order valence-electron chi connectivity index (χ3n) is 4.56. The normalized spacial score (nSPS) is 10.7. The predicted octanol–water partition coefficient (Wildman–Crippen LogP) is 3.77. The zero-order chi connectivity index (χ0) is 20.9. The molecule has 0 bridgehead atoms. The van der Waals surface area contributed by atoms with Crippen LogP contribution < -0.4 is 15.2 Å². The second-order valence-corrected chi connectivity index (χ2v) is 6.51. The van der Waals surface area contributed by atoms with E-state index < -0.39 is 5.91 Å². The largest absolute Gasteiger partial charge is 0.487 e. The van der Waals surface area contributed by atoms with Crippen LogP contribution in [-0.2, 0) is 6.61 Å². The van der Waals surface area contributed by atoms with E-state index >= 15 is 0 Å². The summed E-state index contributed by atoms with van der Waals surface area (Å²) >= 11 is 0. The molecule has 1 amide bonds. The number of aromatic nitrogens is 3. The fourth-order valence-electron chi connectivity index (χ4n) is 3.14. The fourth-order valence-corrected chi connectivity index (χ4v) is 3.14. The zero-order valence-electron chi connectivity index (χ0n) is 16.4. The van der Waals surface area contributed by atoms with Crippen molar-refractivity contribution in [2.24, 2.45) is 5.73 Å². The number of pyridine rings is 3. The van der Waals surface area contributed by atoms with Gasteiger partial charge in [-0.15, -0.1) is 0 Å². The van der Waals surface area contributed by atoms with Crippen LogP contribution in [0.1, 0.15) is 23.0 Å². The summed E-state index contributed by atoms with van der Waals surface area (Å²) in [5.74, 6) is 0.666. The first-order valence-electron chi connectivity index (χ1n) is 9.50. The van der Waals surface area contributed by atoms with Crippen LogP contribution in [-0.4, -0.2) is 27.5 Å². The van der Waals surface area contributed by atoms with E-state index in [1.54, 1.807) is 30.7 Å². The molecule has 0 radical (unpaired) electrons. The van der Waals surface area contributed by atoms with Crippen molar-refractivity contribution in [2.45, 2.75) is 13.5 Å². The summed E-state index contributed by atoms with van der Waals surface area (Å²) in [5, 5.41) is 0.858. The Hall–Kier alpha value is -4.00. The molecule has 7 heteroatoms. The summed E-state index contributed by atoms with van der Waals surface area (Å²) in [6, 6.07) is 14.8. The monoisotopic (exact) mass is 400 g/mol. The van der Waals surface area contributed by atoms with E-state index in [1.807, 2.05) is 43.3 Å². The molecule has 0 spiro atoms. The van der Waals surface area contributed by atoms with Crippen LogP contribution in [0.25, 0.3) is 22.0 Å². The van der Waals surface area contributed by atoms with Crippen molar-refractivity contribution in [1.82, 2.24) is 15.0 Å². The van der Waals surface area contributed by atoms with Gasteiger partial charge in [0, 0.05) is 35.6 Å². The van der Waals surface area contributed by atoms with E-state index in [0.29, 0.717) is 29.5 Å². The Balaban J connectivity index is 1.70. The standard InChI is InChI=1S/C23H20N4O3/c1-2-29-22-8-7-15(13-27-22)16-11-19-17(5-3-9-25-19)21(12-16)30-14-20-18(23(24)28)6-4-10-26-20/h3-13H,2,14H2,1H3,(H2,24,28). The molecule has 0 aliphatic rings. The van der Waals surface area contributed by atoms with E-state index in [9.17, 15) is 4.79 Å². The second kappa shape index (κ2) is 8.57. The number of benzene rings is 1. The van der Waals surface area contributed by atoms with Gasteiger partial charge in [-0.25, -0.2) is 4.98 Å². The first-order valence-corrected chi connectivity index (χ1v) is 9.50. The lowest BCUT2D eigenvalue weighted by Gasteiger charge is -2.13. The van der Waals surface area contributed by atoms with Gasteiger partial charge in [0.1, 0.15) is 12.4 Å². The van der Waals surface area contributed by atoms with Crippen molar-refractivity contribution >= 4 is 16.8 Å². The van der Waals surface area contributed by atoms with Gasteiger partial charge in [-0.2, -0.15) is 0 Å². The summed E-state index contributed by atoms with van der Waals surface area (Å²) in [7, 11) is 0. The molecule has 0 fully saturated rings. The lowest BCUT2D eigenvalue weighted by molar-refractivity contribution is 0.0997. The van der Waals surface area contributed by atoms with E-state index in [4.69, 9.17) is 15.2 Å². The van der Waals surface area contributed by atoms with E-state index in [-0.39, 0.29) is 6.61 Å². The van der Waals surface area contributed by atoms with Crippen LogP contribution in [0.2, 0.25) is 0 Å². The van der Waals surface area contributed by atoms with E-state index in [2.05, 4.69) is 15.0 Å². The molecule has 0 unspecified atom stereocenters. The van der Waals surface area contributed by atoms with Gasteiger partial charge in [0.05, 0.1) is 23.4 Å². The number of nitrogens with zero attached hydrogens (tertiary/aromatic N) is 3. The molecule has 4 aromatic rings. The van der Waals surface area contributed by atoms with Crippen LogP contribution in [0.3, 0.4) is 0 Å². The summed E-state index contributed by atoms with van der Waals surface area (Å²) in [6.07, 6.45) is 5.09. The Kier molecular flexibility index (Phi) is 5.52. The van der Waals surface area contributed by atoms with Gasteiger partial charge in [0.2, 0.25) is 5.88 Å². The highest BCUT2D eigenvalue weighted by molar-refractivity contribution is 5.94. The van der Waals surface area contributed by atoms with E-state index in [1.165, 1.54) is 0 Å². The summed E-state index contributed by atoms with van der Waals surface area (Å²) in [4.78, 5) is 24.7. The number of carbonyl (C=O) groups excluding carboxylic acids is 1. The summed E-state index contributed by atoms with van der Waals surface area (Å²) < 4.78 is 11.5. The molecule has 0 saturated carbocycles. The number of hydrogen-bond donors (Lipinski definition) is 1. The van der Waals surface area contributed by atoms with Gasteiger partial charge in [-0.05, 0) is 55.0 Å². The minimum absolute atomic E-state index is 0.105. The molecule has 0 aliphatic heterocycles. The highest BCUT2D eigenvalue weighted by atomic mass is 16.5.